The number of pyridine rings is 2. The molecular formula is C19H21FN4O2. The fourth-order valence-electron chi connectivity index (χ4n) is 3.51. The van der Waals surface area contributed by atoms with Crippen molar-refractivity contribution in [2.45, 2.75) is 38.6 Å². The summed E-state index contributed by atoms with van der Waals surface area (Å²) in [6, 6.07) is 5.45. The molecule has 1 amide bonds. The van der Waals surface area contributed by atoms with Gasteiger partial charge in [-0.15, -0.1) is 0 Å². The predicted molar refractivity (Wildman–Crippen MR) is 95.2 cm³/mol. The summed E-state index contributed by atoms with van der Waals surface area (Å²) in [4.78, 5) is 22.5. The van der Waals surface area contributed by atoms with Gasteiger partial charge in [0, 0.05) is 19.2 Å². The molecule has 0 aliphatic carbocycles. The molecule has 2 aliphatic rings. The first-order valence-electron chi connectivity index (χ1n) is 8.92. The second-order valence-electron chi connectivity index (χ2n) is 6.60. The van der Waals surface area contributed by atoms with Crippen LogP contribution in [-0.2, 0) is 13.0 Å². The number of amides is 1. The van der Waals surface area contributed by atoms with Crippen LogP contribution >= 0.6 is 0 Å². The largest absolute Gasteiger partial charge is 0.486 e. The topological polar surface area (TPSA) is 67.3 Å². The average molecular weight is 356 g/mol. The summed E-state index contributed by atoms with van der Waals surface area (Å²) in [5.41, 5.74) is 2.35. The molecule has 7 heteroatoms. The first-order valence-corrected chi connectivity index (χ1v) is 8.92. The predicted octanol–water partition coefficient (Wildman–Crippen LogP) is 2.28. The highest BCUT2D eigenvalue weighted by Crippen LogP contribution is 2.29. The highest BCUT2D eigenvalue weighted by molar-refractivity contribution is 5.98. The van der Waals surface area contributed by atoms with Crippen molar-refractivity contribution in [3.63, 3.8) is 0 Å². The minimum absolute atomic E-state index is 0.0827. The Labute approximate surface area is 151 Å². The van der Waals surface area contributed by atoms with Crippen LogP contribution in [0.2, 0.25) is 0 Å². The van der Waals surface area contributed by atoms with Gasteiger partial charge in [-0.25, -0.2) is 9.37 Å². The Bertz CT molecular complexity index is 815. The molecule has 0 saturated carbocycles. The molecule has 0 spiro atoms. The zero-order valence-corrected chi connectivity index (χ0v) is 14.6. The fraction of sp³-hybridized carbons (Fsp3) is 0.421. The van der Waals surface area contributed by atoms with Gasteiger partial charge < -0.3 is 15.0 Å². The summed E-state index contributed by atoms with van der Waals surface area (Å²) in [6.07, 6.45) is 2.96. The lowest BCUT2D eigenvalue weighted by atomic mass is 10.0. The van der Waals surface area contributed by atoms with E-state index in [2.05, 4.69) is 15.3 Å². The number of halogens is 1. The van der Waals surface area contributed by atoms with E-state index < -0.39 is 12.3 Å². The van der Waals surface area contributed by atoms with Crippen molar-refractivity contribution in [2.75, 3.05) is 18.0 Å². The molecule has 0 aromatic carbocycles. The molecule has 4 rings (SSSR count). The number of alkyl halides is 1. The Morgan fingerprint density at radius 2 is 2.35 bits per heavy atom. The van der Waals surface area contributed by atoms with E-state index in [-0.39, 0.29) is 12.5 Å². The number of anilines is 1. The lowest BCUT2D eigenvalue weighted by Gasteiger charge is -2.36. The molecule has 2 atom stereocenters. The van der Waals surface area contributed by atoms with E-state index in [0.29, 0.717) is 30.8 Å². The van der Waals surface area contributed by atoms with Crippen LogP contribution in [-0.4, -0.2) is 41.2 Å². The summed E-state index contributed by atoms with van der Waals surface area (Å²) in [6.45, 7) is 3.34. The van der Waals surface area contributed by atoms with E-state index >= 15 is 0 Å². The van der Waals surface area contributed by atoms with Crippen LogP contribution in [0.4, 0.5) is 10.2 Å². The van der Waals surface area contributed by atoms with Crippen molar-refractivity contribution in [1.29, 1.82) is 0 Å². The van der Waals surface area contributed by atoms with Gasteiger partial charge >= 0.3 is 0 Å². The van der Waals surface area contributed by atoms with Crippen LogP contribution in [0.1, 0.15) is 35.0 Å². The van der Waals surface area contributed by atoms with Crippen LogP contribution < -0.4 is 15.0 Å². The molecule has 0 radical (unpaired) electrons. The maximum atomic E-state index is 14.8. The second-order valence-corrected chi connectivity index (χ2v) is 6.60. The maximum absolute atomic E-state index is 14.8. The van der Waals surface area contributed by atoms with Crippen molar-refractivity contribution in [1.82, 2.24) is 15.3 Å². The molecule has 1 N–H and O–H groups in total. The molecule has 1 saturated heterocycles. The van der Waals surface area contributed by atoms with Crippen LogP contribution in [0.5, 0.6) is 5.75 Å². The summed E-state index contributed by atoms with van der Waals surface area (Å²) in [7, 11) is 0. The Balaban J connectivity index is 1.51. The zero-order valence-electron chi connectivity index (χ0n) is 14.6. The molecule has 6 nitrogen and oxygen atoms in total. The number of aryl methyl sites for hydroxylation is 1. The van der Waals surface area contributed by atoms with Gasteiger partial charge in [0.05, 0.1) is 30.5 Å². The Morgan fingerprint density at radius 3 is 3.08 bits per heavy atom. The first-order chi connectivity index (χ1) is 12.7. The SMILES string of the molecule is CCc1cc2c(nc1N1CC[C@H](Oc3cccnc3)[C@H](F)C1)CNC2=O. The Kier molecular flexibility index (Phi) is 4.44. The number of rotatable bonds is 4. The number of nitrogens with zero attached hydrogens (tertiary/aromatic N) is 3. The van der Waals surface area contributed by atoms with E-state index in [1.807, 2.05) is 17.9 Å². The summed E-state index contributed by atoms with van der Waals surface area (Å²) in [5.74, 6) is 1.29. The molecule has 26 heavy (non-hydrogen) atoms. The summed E-state index contributed by atoms with van der Waals surface area (Å²) in [5, 5.41) is 2.79. The van der Waals surface area contributed by atoms with Crippen molar-refractivity contribution >= 4 is 11.7 Å². The number of piperidine rings is 1. The number of carbonyl (C=O) groups is 1. The van der Waals surface area contributed by atoms with E-state index in [1.165, 1.54) is 0 Å². The summed E-state index contributed by atoms with van der Waals surface area (Å²) < 4.78 is 20.5. The normalized spacial score (nSPS) is 22.1. The third-order valence-corrected chi connectivity index (χ3v) is 4.90. The molecular weight excluding hydrogens is 335 g/mol. The summed E-state index contributed by atoms with van der Waals surface area (Å²) >= 11 is 0. The molecule has 0 unspecified atom stereocenters. The van der Waals surface area contributed by atoms with Gasteiger partial charge in [0.15, 0.2) is 6.17 Å². The van der Waals surface area contributed by atoms with Gasteiger partial charge in [-0.05, 0) is 30.2 Å². The molecule has 4 heterocycles. The van der Waals surface area contributed by atoms with Gasteiger partial charge in [-0.3, -0.25) is 9.78 Å². The minimum atomic E-state index is -1.12. The first kappa shape index (κ1) is 16.8. The van der Waals surface area contributed by atoms with Crippen molar-refractivity contribution < 1.29 is 13.9 Å². The van der Waals surface area contributed by atoms with Crippen molar-refractivity contribution in [2.24, 2.45) is 0 Å². The van der Waals surface area contributed by atoms with Gasteiger partial charge in [0.25, 0.3) is 5.91 Å². The van der Waals surface area contributed by atoms with Gasteiger partial charge in [0.1, 0.15) is 17.7 Å². The van der Waals surface area contributed by atoms with Crippen LogP contribution in [0, 0.1) is 0 Å². The molecule has 2 aliphatic heterocycles. The lowest BCUT2D eigenvalue weighted by Crippen LogP contribution is -2.47. The number of aromatic nitrogens is 2. The fourth-order valence-corrected chi connectivity index (χ4v) is 3.51. The quantitative estimate of drug-likeness (QED) is 0.910. The average Bonchev–Trinajstić information content (AvgIpc) is 3.03. The standard InChI is InChI=1S/C19H21FN4O2/c1-2-12-8-14-16(10-22-19(14)25)23-18(12)24-7-5-17(15(20)11-24)26-13-4-3-6-21-9-13/h3-4,6,8-9,15,17H,2,5,7,10-11H2,1H3,(H,22,25)/t15-,17+/m1/s1. The number of fused-ring (bicyclic) bond motifs is 1. The Morgan fingerprint density at radius 1 is 1.46 bits per heavy atom. The van der Waals surface area contributed by atoms with Crippen LogP contribution in [0.25, 0.3) is 0 Å². The van der Waals surface area contributed by atoms with E-state index in [0.717, 1.165) is 23.5 Å². The van der Waals surface area contributed by atoms with Crippen molar-refractivity contribution in [3.05, 3.63) is 47.4 Å². The molecule has 1 fully saturated rings. The van der Waals surface area contributed by atoms with E-state index in [9.17, 15) is 9.18 Å². The van der Waals surface area contributed by atoms with Gasteiger partial charge in [0.2, 0.25) is 0 Å². The Hall–Kier alpha value is -2.70. The highest BCUT2D eigenvalue weighted by atomic mass is 19.1. The zero-order chi connectivity index (χ0) is 18.1. The highest BCUT2D eigenvalue weighted by Gasteiger charge is 2.33. The third-order valence-electron chi connectivity index (χ3n) is 4.90. The number of ether oxygens (including phenoxy) is 1. The minimum Gasteiger partial charge on any atom is -0.486 e. The number of carbonyl (C=O) groups excluding carboxylic acids is 1. The maximum Gasteiger partial charge on any atom is 0.253 e. The van der Waals surface area contributed by atoms with E-state index in [1.54, 1.807) is 24.5 Å². The van der Waals surface area contributed by atoms with Crippen LogP contribution in [0.15, 0.2) is 30.6 Å². The smallest absolute Gasteiger partial charge is 0.253 e. The monoisotopic (exact) mass is 356 g/mol. The number of hydrogen-bond donors (Lipinski definition) is 1. The number of hydrogen-bond acceptors (Lipinski definition) is 5. The van der Waals surface area contributed by atoms with Gasteiger partial charge in [-0.1, -0.05) is 6.92 Å². The molecule has 2 aromatic heterocycles. The lowest BCUT2D eigenvalue weighted by molar-refractivity contribution is 0.0815. The number of nitrogens with one attached hydrogen (secondary N) is 1. The van der Waals surface area contributed by atoms with Crippen molar-refractivity contribution in [3.8, 4) is 5.75 Å². The van der Waals surface area contributed by atoms with Crippen LogP contribution in [0.3, 0.4) is 0 Å². The third kappa shape index (κ3) is 3.09. The van der Waals surface area contributed by atoms with Gasteiger partial charge in [-0.2, -0.15) is 0 Å². The van der Waals surface area contributed by atoms with E-state index in [4.69, 9.17) is 4.74 Å². The molecule has 0 bridgehead atoms. The second kappa shape index (κ2) is 6.90. The molecule has 2 aromatic rings. The molecule has 136 valence electrons.